The fraction of sp³-hybridized carbons (Fsp3) is 0.118. The third-order valence-corrected chi connectivity index (χ3v) is 3.41. The lowest BCUT2D eigenvalue weighted by atomic mass is 10.1. The number of carbonyl (C=O) groups is 1. The summed E-state index contributed by atoms with van der Waals surface area (Å²) in [6.45, 7) is 1.76. The van der Waals surface area contributed by atoms with Crippen molar-refractivity contribution in [2.45, 2.75) is 13.1 Å². The Hall–Kier alpha value is -3.36. The first-order valence-electron chi connectivity index (χ1n) is 7.44. The minimum Gasteiger partial charge on any atom is -0.304 e. The average molecular weight is 359 g/mol. The Labute approximate surface area is 146 Å². The largest absolute Gasteiger partial charge is 0.416 e. The highest BCUT2D eigenvalue weighted by molar-refractivity contribution is 6.02. The summed E-state index contributed by atoms with van der Waals surface area (Å²) >= 11 is 0. The maximum absolute atomic E-state index is 12.6. The Balaban J connectivity index is 1.81. The Morgan fingerprint density at radius 3 is 2.35 bits per heavy atom. The van der Waals surface area contributed by atoms with Crippen molar-refractivity contribution in [3.8, 4) is 11.3 Å². The second-order valence-electron chi connectivity index (χ2n) is 5.38. The summed E-state index contributed by atoms with van der Waals surface area (Å²) in [4.78, 5) is 20.3. The van der Waals surface area contributed by atoms with Crippen molar-refractivity contribution in [2.75, 3.05) is 5.32 Å². The number of nitrogens with one attached hydrogen (secondary N) is 1. The van der Waals surface area contributed by atoms with Gasteiger partial charge in [0.15, 0.2) is 5.82 Å². The van der Waals surface area contributed by atoms with Crippen LogP contribution in [0.2, 0.25) is 0 Å². The number of halogens is 3. The van der Waals surface area contributed by atoms with E-state index >= 15 is 0 Å². The molecule has 0 aliphatic carbocycles. The van der Waals surface area contributed by atoms with Crippen molar-refractivity contribution < 1.29 is 18.0 Å². The highest BCUT2D eigenvalue weighted by Crippen LogP contribution is 2.30. The van der Waals surface area contributed by atoms with Gasteiger partial charge in [0.05, 0.1) is 29.3 Å². The van der Waals surface area contributed by atoms with Crippen molar-refractivity contribution in [2.24, 2.45) is 0 Å². The zero-order valence-electron chi connectivity index (χ0n) is 13.4. The normalized spacial score (nSPS) is 11.2. The quantitative estimate of drug-likeness (QED) is 0.774. The lowest BCUT2D eigenvalue weighted by Crippen LogP contribution is -2.15. The van der Waals surface area contributed by atoms with E-state index in [9.17, 15) is 18.0 Å². The Bertz CT molecular complexity index is 924. The van der Waals surface area contributed by atoms with E-state index in [0.717, 1.165) is 12.1 Å². The van der Waals surface area contributed by atoms with Crippen LogP contribution in [0.4, 0.5) is 19.0 Å². The highest BCUT2D eigenvalue weighted by Gasteiger charge is 2.30. The zero-order valence-corrected chi connectivity index (χ0v) is 13.4. The molecular weight excluding hydrogens is 347 g/mol. The molecule has 0 aliphatic rings. The third kappa shape index (κ3) is 4.00. The van der Waals surface area contributed by atoms with Crippen LogP contribution in [0.1, 0.15) is 21.7 Å². The molecule has 2 heterocycles. The SMILES string of the molecule is Cc1ccc(NC(=O)c2cncc(-c3ccc(C(F)(F)F)cc3)n2)nn1. The zero-order chi connectivity index (χ0) is 18.7. The van der Waals surface area contributed by atoms with Crippen LogP contribution in [-0.4, -0.2) is 26.1 Å². The van der Waals surface area contributed by atoms with E-state index in [1.54, 1.807) is 19.1 Å². The molecule has 0 saturated carbocycles. The van der Waals surface area contributed by atoms with E-state index in [1.165, 1.54) is 24.5 Å². The van der Waals surface area contributed by atoms with Crippen molar-refractivity contribution >= 4 is 11.7 Å². The van der Waals surface area contributed by atoms with Crippen LogP contribution in [0, 0.1) is 6.92 Å². The molecule has 0 fully saturated rings. The minimum absolute atomic E-state index is 0.00442. The molecule has 0 radical (unpaired) electrons. The number of aromatic nitrogens is 4. The summed E-state index contributed by atoms with van der Waals surface area (Å²) < 4.78 is 37.9. The smallest absolute Gasteiger partial charge is 0.304 e. The van der Waals surface area contributed by atoms with Gasteiger partial charge in [-0.2, -0.15) is 18.3 Å². The third-order valence-electron chi connectivity index (χ3n) is 3.41. The van der Waals surface area contributed by atoms with Gasteiger partial charge in [-0.3, -0.25) is 9.78 Å². The van der Waals surface area contributed by atoms with Crippen LogP contribution in [0.5, 0.6) is 0 Å². The molecule has 132 valence electrons. The van der Waals surface area contributed by atoms with Gasteiger partial charge in [0.1, 0.15) is 5.69 Å². The molecule has 0 bridgehead atoms. The van der Waals surface area contributed by atoms with Crippen LogP contribution in [0.3, 0.4) is 0 Å². The Morgan fingerprint density at radius 2 is 1.73 bits per heavy atom. The van der Waals surface area contributed by atoms with Gasteiger partial charge in [0.2, 0.25) is 0 Å². The number of rotatable bonds is 3. The predicted octanol–water partition coefficient (Wildman–Crippen LogP) is 3.51. The minimum atomic E-state index is -4.42. The average Bonchev–Trinajstić information content (AvgIpc) is 2.63. The number of hydrogen-bond donors (Lipinski definition) is 1. The molecule has 2 aromatic heterocycles. The van der Waals surface area contributed by atoms with Gasteiger partial charge in [0.25, 0.3) is 5.91 Å². The number of carbonyl (C=O) groups excluding carboxylic acids is 1. The van der Waals surface area contributed by atoms with Crippen LogP contribution < -0.4 is 5.32 Å². The van der Waals surface area contributed by atoms with E-state index in [1.807, 2.05) is 0 Å². The van der Waals surface area contributed by atoms with Gasteiger partial charge in [-0.05, 0) is 31.2 Å². The second kappa shape index (κ2) is 6.87. The summed E-state index contributed by atoms with van der Waals surface area (Å²) in [5.41, 5.74) is 0.634. The Morgan fingerprint density at radius 1 is 1.00 bits per heavy atom. The first-order chi connectivity index (χ1) is 12.3. The molecule has 26 heavy (non-hydrogen) atoms. The monoisotopic (exact) mass is 359 g/mol. The molecule has 9 heteroatoms. The molecule has 1 aromatic carbocycles. The predicted molar refractivity (Wildman–Crippen MR) is 87.2 cm³/mol. The summed E-state index contributed by atoms with van der Waals surface area (Å²) in [5, 5.41) is 10.2. The molecular formula is C17H12F3N5O. The topological polar surface area (TPSA) is 80.7 Å². The fourth-order valence-corrected chi connectivity index (χ4v) is 2.09. The molecule has 1 N–H and O–H groups in total. The number of amides is 1. The van der Waals surface area contributed by atoms with Crippen LogP contribution in [0.15, 0.2) is 48.8 Å². The van der Waals surface area contributed by atoms with Crippen LogP contribution in [-0.2, 0) is 6.18 Å². The van der Waals surface area contributed by atoms with Gasteiger partial charge in [-0.1, -0.05) is 12.1 Å². The second-order valence-corrected chi connectivity index (χ2v) is 5.38. The van der Waals surface area contributed by atoms with Gasteiger partial charge in [-0.15, -0.1) is 5.10 Å². The van der Waals surface area contributed by atoms with Gasteiger partial charge < -0.3 is 5.32 Å². The molecule has 6 nitrogen and oxygen atoms in total. The molecule has 0 atom stereocenters. The lowest BCUT2D eigenvalue weighted by molar-refractivity contribution is -0.137. The van der Waals surface area contributed by atoms with Crippen molar-refractivity contribution in [3.63, 3.8) is 0 Å². The molecule has 0 unspecified atom stereocenters. The van der Waals surface area contributed by atoms with Crippen molar-refractivity contribution in [1.29, 1.82) is 0 Å². The van der Waals surface area contributed by atoms with Gasteiger partial charge >= 0.3 is 6.18 Å². The summed E-state index contributed by atoms with van der Waals surface area (Å²) in [6, 6.07) is 7.73. The molecule has 3 aromatic rings. The highest BCUT2D eigenvalue weighted by atomic mass is 19.4. The fourth-order valence-electron chi connectivity index (χ4n) is 2.09. The van der Waals surface area contributed by atoms with Gasteiger partial charge in [0, 0.05) is 5.56 Å². The summed E-state index contributed by atoms with van der Waals surface area (Å²) in [6.07, 6.45) is -1.80. The summed E-state index contributed by atoms with van der Waals surface area (Å²) in [5.74, 6) is -0.299. The van der Waals surface area contributed by atoms with E-state index in [4.69, 9.17) is 0 Å². The standard InChI is InChI=1S/C17H12F3N5O/c1-10-2-7-15(25-24-10)23-16(26)14-9-21-8-13(22-14)11-3-5-12(6-4-11)17(18,19)20/h2-9H,1H3,(H,23,25,26). The maximum Gasteiger partial charge on any atom is 0.416 e. The number of alkyl halides is 3. The van der Waals surface area contributed by atoms with E-state index in [2.05, 4.69) is 25.5 Å². The lowest BCUT2D eigenvalue weighted by Gasteiger charge is -2.08. The number of anilines is 1. The number of nitrogens with zero attached hydrogens (tertiary/aromatic N) is 4. The van der Waals surface area contributed by atoms with Crippen LogP contribution >= 0.6 is 0 Å². The molecule has 0 saturated heterocycles. The van der Waals surface area contributed by atoms with Crippen molar-refractivity contribution in [1.82, 2.24) is 20.2 Å². The molecule has 0 spiro atoms. The first kappa shape index (κ1) is 17.5. The Kier molecular flexibility index (Phi) is 4.61. The molecule has 3 rings (SSSR count). The van der Waals surface area contributed by atoms with Gasteiger partial charge in [-0.25, -0.2) is 4.98 Å². The van der Waals surface area contributed by atoms with E-state index < -0.39 is 17.6 Å². The molecule has 1 amide bonds. The first-order valence-corrected chi connectivity index (χ1v) is 7.44. The number of benzene rings is 1. The molecule has 0 aliphatic heterocycles. The van der Waals surface area contributed by atoms with E-state index in [0.29, 0.717) is 11.3 Å². The number of hydrogen-bond acceptors (Lipinski definition) is 5. The number of aryl methyl sites for hydroxylation is 1. The summed E-state index contributed by atoms with van der Waals surface area (Å²) in [7, 11) is 0. The van der Waals surface area contributed by atoms with E-state index in [-0.39, 0.29) is 17.2 Å². The van der Waals surface area contributed by atoms with Crippen LogP contribution in [0.25, 0.3) is 11.3 Å². The maximum atomic E-state index is 12.6. The van der Waals surface area contributed by atoms with Crippen molar-refractivity contribution in [3.05, 3.63) is 65.7 Å².